The van der Waals surface area contributed by atoms with E-state index in [4.69, 9.17) is 10.8 Å². The average Bonchev–Trinajstić information content (AvgIpc) is 2.60. The van der Waals surface area contributed by atoms with Crippen molar-refractivity contribution in [1.29, 1.82) is 0 Å². The molecule has 0 spiro atoms. The second-order valence-corrected chi connectivity index (χ2v) is 4.20. The van der Waals surface area contributed by atoms with Crippen molar-refractivity contribution < 1.29 is 10.2 Å². The smallest absolute Gasteiger partial charge is 0.349 e. The van der Waals surface area contributed by atoms with Crippen molar-refractivity contribution in [2.24, 2.45) is 5.92 Å². The summed E-state index contributed by atoms with van der Waals surface area (Å²) in [6.07, 6.45) is 2.03. The fourth-order valence-electron chi connectivity index (χ4n) is 2.22. The Balaban J connectivity index is 2.28. The molecule has 0 unspecified atom stereocenters. The van der Waals surface area contributed by atoms with Crippen LogP contribution in [-0.2, 0) is 0 Å². The molecule has 6 nitrogen and oxygen atoms in total. The Morgan fingerprint density at radius 1 is 1.56 bits per heavy atom. The molecule has 1 aliphatic carbocycles. The van der Waals surface area contributed by atoms with Crippen LogP contribution in [-0.4, -0.2) is 32.5 Å². The van der Waals surface area contributed by atoms with Crippen LogP contribution in [0.2, 0.25) is 0 Å². The molecule has 1 saturated carbocycles. The van der Waals surface area contributed by atoms with Crippen LogP contribution in [0.3, 0.4) is 0 Å². The van der Waals surface area contributed by atoms with Crippen molar-refractivity contribution in [2.75, 3.05) is 12.3 Å². The van der Waals surface area contributed by atoms with Crippen LogP contribution in [0.5, 0.6) is 0 Å². The highest BCUT2D eigenvalue weighted by Crippen LogP contribution is 2.33. The summed E-state index contributed by atoms with van der Waals surface area (Å²) in [7, 11) is 0. The fourth-order valence-corrected chi connectivity index (χ4v) is 2.22. The van der Waals surface area contributed by atoms with Gasteiger partial charge in [0.25, 0.3) is 0 Å². The van der Waals surface area contributed by atoms with E-state index in [-0.39, 0.29) is 24.4 Å². The van der Waals surface area contributed by atoms with E-state index in [0.29, 0.717) is 12.8 Å². The normalized spacial score (nSPS) is 29.5. The fraction of sp³-hybridized carbons (Fsp3) is 0.600. The van der Waals surface area contributed by atoms with Gasteiger partial charge in [-0.05, 0) is 24.8 Å². The van der Waals surface area contributed by atoms with Gasteiger partial charge in [0.2, 0.25) is 0 Å². The van der Waals surface area contributed by atoms with Crippen LogP contribution >= 0.6 is 0 Å². The molecule has 88 valence electrons. The lowest BCUT2D eigenvalue weighted by Gasteiger charge is -2.16. The Hall–Kier alpha value is -1.40. The summed E-state index contributed by atoms with van der Waals surface area (Å²) in [6.45, 7) is 0.0325. The first-order chi connectivity index (χ1) is 7.61. The Kier molecular flexibility index (Phi) is 2.93. The lowest BCUT2D eigenvalue weighted by Crippen LogP contribution is -2.30. The molecular weight excluding hydrogens is 210 g/mol. The molecule has 1 fully saturated rings. The molecule has 1 aliphatic rings. The van der Waals surface area contributed by atoms with Crippen molar-refractivity contribution in [1.82, 2.24) is 9.55 Å². The zero-order valence-corrected chi connectivity index (χ0v) is 8.78. The first kappa shape index (κ1) is 11.1. The topological polar surface area (TPSA) is 101 Å². The molecule has 6 heteroatoms. The maximum atomic E-state index is 11.6. The van der Waals surface area contributed by atoms with Crippen molar-refractivity contribution in [2.45, 2.75) is 25.0 Å². The van der Waals surface area contributed by atoms with E-state index in [9.17, 15) is 9.90 Å². The molecule has 3 atom stereocenters. The van der Waals surface area contributed by atoms with E-state index in [1.54, 1.807) is 0 Å². The summed E-state index contributed by atoms with van der Waals surface area (Å²) < 4.78 is 1.39. The average molecular weight is 225 g/mol. The molecular formula is C10H15N3O3. The largest absolute Gasteiger partial charge is 0.396 e. The van der Waals surface area contributed by atoms with Crippen LogP contribution in [0.1, 0.15) is 18.9 Å². The van der Waals surface area contributed by atoms with Gasteiger partial charge in [0.15, 0.2) is 0 Å². The van der Waals surface area contributed by atoms with Crippen LogP contribution in [0.15, 0.2) is 17.1 Å². The van der Waals surface area contributed by atoms with Crippen molar-refractivity contribution in [3.63, 3.8) is 0 Å². The third-order valence-electron chi connectivity index (χ3n) is 3.06. The first-order valence-corrected chi connectivity index (χ1v) is 5.25. The van der Waals surface area contributed by atoms with E-state index in [1.807, 2.05) is 0 Å². The van der Waals surface area contributed by atoms with E-state index in [0.717, 1.165) is 0 Å². The zero-order chi connectivity index (χ0) is 11.7. The molecule has 1 aromatic rings. The van der Waals surface area contributed by atoms with Crippen LogP contribution in [0.4, 0.5) is 5.82 Å². The summed E-state index contributed by atoms with van der Waals surface area (Å²) >= 11 is 0. The molecule has 0 amide bonds. The number of aliphatic hydroxyl groups is 2. The maximum Gasteiger partial charge on any atom is 0.349 e. The molecule has 0 aliphatic heterocycles. The molecule has 0 bridgehead atoms. The summed E-state index contributed by atoms with van der Waals surface area (Å²) in [5.41, 5.74) is 4.93. The van der Waals surface area contributed by atoms with Gasteiger partial charge < -0.3 is 15.9 Å². The van der Waals surface area contributed by atoms with Gasteiger partial charge in [-0.1, -0.05) is 0 Å². The summed E-state index contributed by atoms with van der Waals surface area (Å²) in [5, 5.41) is 18.8. The Morgan fingerprint density at radius 2 is 2.31 bits per heavy atom. The predicted molar refractivity (Wildman–Crippen MR) is 57.8 cm³/mol. The highest BCUT2D eigenvalue weighted by Gasteiger charge is 2.34. The molecule has 16 heavy (non-hydrogen) atoms. The van der Waals surface area contributed by atoms with Gasteiger partial charge in [0.1, 0.15) is 5.82 Å². The van der Waals surface area contributed by atoms with Crippen molar-refractivity contribution in [3.8, 4) is 0 Å². The standard InChI is InChI=1S/C10H15N3O3/c11-9-1-2-13(10(16)12-9)7-3-6(5-14)4-8(7)15/h1-2,6-8,14-15H,3-5H2,(H2,11,12,16)/t6-,7+,8-/m1/s1. The number of rotatable bonds is 2. The highest BCUT2D eigenvalue weighted by molar-refractivity contribution is 5.23. The quantitative estimate of drug-likeness (QED) is 0.607. The number of nitrogens with two attached hydrogens (primary N) is 1. The van der Waals surface area contributed by atoms with E-state index in [1.165, 1.54) is 16.8 Å². The summed E-state index contributed by atoms with van der Waals surface area (Å²) in [5.74, 6) is 0.219. The minimum atomic E-state index is -0.611. The van der Waals surface area contributed by atoms with Crippen LogP contribution in [0.25, 0.3) is 0 Å². The van der Waals surface area contributed by atoms with Crippen LogP contribution in [0, 0.1) is 5.92 Å². The van der Waals surface area contributed by atoms with Gasteiger partial charge in [-0.3, -0.25) is 4.57 Å². The number of hydrogen-bond donors (Lipinski definition) is 3. The molecule has 0 radical (unpaired) electrons. The van der Waals surface area contributed by atoms with Gasteiger partial charge in [0.05, 0.1) is 12.1 Å². The van der Waals surface area contributed by atoms with Crippen molar-refractivity contribution in [3.05, 3.63) is 22.7 Å². The number of aliphatic hydroxyl groups excluding tert-OH is 2. The molecule has 1 heterocycles. The number of nitrogens with zero attached hydrogens (tertiary/aromatic N) is 2. The second-order valence-electron chi connectivity index (χ2n) is 4.20. The maximum absolute atomic E-state index is 11.6. The first-order valence-electron chi connectivity index (χ1n) is 5.25. The Morgan fingerprint density at radius 3 is 2.88 bits per heavy atom. The third kappa shape index (κ3) is 1.94. The SMILES string of the molecule is Nc1ccn([C@H]2C[C@@H](CO)C[C@H]2O)c(=O)n1. The van der Waals surface area contributed by atoms with E-state index >= 15 is 0 Å². The molecule has 0 aromatic carbocycles. The number of nitrogen functional groups attached to an aromatic ring is 1. The minimum absolute atomic E-state index is 0.0325. The molecule has 0 saturated heterocycles. The van der Waals surface area contributed by atoms with Gasteiger partial charge in [-0.15, -0.1) is 0 Å². The van der Waals surface area contributed by atoms with Gasteiger partial charge >= 0.3 is 5.69 Å². The minimum Gasteiger partial charge on any atom is -0.396 e. The molecule has 1 aromatic heterocycles. The summed E-state index contributed by atoms with van der Waals surface area (Å²) in [6, 6.07) is 1.22. The third-order valence-corrected chi connectivity index (χ3v) is 3.06. The molecule has 2 rings (SSSR count). The van der Waals surface area contributed by atoms with E-state index in [2.05, 4.69) is 4.98 Å². The van der Waals surface area contributed by atoms with Gasteiger partial charge in [-0.2, -0.15) is 4.98 Å². The lowest BCUT2D eigenvalue weighted by molar-refractivity contribution is 0.129. The highest BCUT2D eigenvalue weighted by atomic mass is 16.3. The monoisotopic (exact) mass is 225 g/mol. The van der Waals surface area contributed by atoms with E-state index < -0.39 is 11.8 Å². The lowest BCUT2D eigenvalue weighted by atomic mass is 10.1. The predicted octanol–water partition coefficient (Wildman–Crippen LogP) is -0.870. The number of aromatic nitrogens is 2. The van der Waals surface area contributed by atoms with Gasteiger partial charge in [-0.25, -0.2) is 4.79 Å². The van der Waals surface area contributed by atoms with Crippen molar-refractivity contribution >= 4 is 5.82 Å². The second kappa shape index (κ2) is 4.23. The Bertz CT molecular complexity index is 432. The van der Waals surface area contributed by atoms with Crippen LogP contribution < -0.4 is 11.4 Å². The zero-order valence-electron chi connectivity index (χ0n) is 8.78. The molecule has 4 N–H and O–H groups in total. The Labute approximate surface area is 92.4 Å². The van der Waals surface area contributed by atoms with Gasteiger partial charge in [0, 0.05) is 12.8 Å². The summed E-state index contributed by atoms with van der Waals surface area (Å²) in [4.78, 5) is 15.2. The number of anilines is 1. The number of hydrogen-bond acceptors (Lipinski definition) is 5.